The van der Waals surface area contributed by atoms with Crippen molar-refractivity contribution in [3.8, 4) is 17.6 Å². The van der Waals surface area contributed by atoms with Crippen LogP contribution in [0.5, 0.6) is 11.5 Å². The van der Waals surface area contributed by atoms with E-state index >= 15 is 0 Å². The molecule has 3 radical (unpaired) electrons. The van der Waals surface area contributed by atoms with Crippen LogP contribution in [0.4, 0.5) is 39.8 Å². The van der Waals surface area contributed by atoms with Crippen LogP contribution >= 0.6 is 189 Å². The maximum absolute atomic E-state index is 11.4. The largest absolute Gasteiger partial charge is 1.00 e. The number of aliphatic hydroxyl groups excluding tert-OH is 1. The van der Waals surface area contributed by atoms with Crippen LogP contribution in [-0.4, -0.2) is 72.3 Å². The summed E-state index contributed by atoms with van der Waals surface area (Å²) in [6.07, 6.45) is 4.31. The number of nitrogens with one attached hydrogen (secondary N) is 2. The number of aliphatic hydroxyl groups is 1. The molecule has 2 aliphatic rings. The average molecular weight is 1970 g/mol. The number of halogens is 13. The minimum Gasteiger partial charge on any atom is -1.00 e. The number of carbonyl (C=O) groups is 3. The number of ether oxygens (including phenoxy) is 2. The molecule has 10 aromatic rings. The summed E-state index contributed by atoms with van der Waals surface area (Å²) in [5.74, 6) is 1.03. The Kier molecular flexibility index (Phi) is 50.5. The van der Waals surface area contributed by atoms with Crippen LogP contribution in [0.25, 0.3) is 32.9 Å². The van der Waals surface area contributed by atoms with Crippen molar-refractivity contribution in [2.24, 2.45) is 0 Å². The smallest absolute Gasteiger partial charge is 1.00 e. The van der Waals surface area contributed by atoms with Gasteiger partial charge in [0.1, 0.15) is 46.8 Å². The first-order valence-corrected chi connectivity index (χ1v) is 38.7. The fourth-order valence-corrected chi connectivity index (χ4v) is 10.7. The van der Waals surface area contributed by atoms with Crippen molar-refractivity contribution < 1.29 is 73.2 Å². The van der Waals surface area contributed by atoms with Crippen molar-refractivity contribution in [3.63, 3.8) is 0 Å². The molecule has 7 aromatic carbocycles. The quantitative estimate of drug-likeness (QED) is 0.0267. The van der Waals surface area contributed by atoms with Crippen LogP contribution in [0.2, 0.25) is 0 Å². The molecule has 2 aliphatic heterocycles. The molecule has 1 atom stereocenters. The monoisotopic (exact) mass is 1960 g/mol. The zero-order valence-corrected chi connectivity index (χ0v) is 70.8. The number of alkyl halides is 2. The maximum Gasteiger partial charge on any atom is 1.00 e. The van der Waals surface area contributed by atoms with Crippen molar-refractivity contribution >= 4 is 304 Å². The van der Waals surface area contributed by atoms with Crippen molar-refractivity contribution in [1.29, 1.82) is 5.26 Å². The molecule has 13 N–H and O–H groups in total. The summed E-state index contributed by atoms with van der Waals surface area (Å²) in [4.78, 5) is 34.3. The predicted octanol–water partition coefficient (Wildman–Crippen LogP) is 19.6. The van der Waals surface area contributed by atoms with E-state index in [-0.39, 0.29) is 110 Å². The van der Waals surface area contributed by atoms with E-state index in [4.69, 9.17) is 122 Å². The van der Waals surface area contributed by atoms with E-state index in [1.807, 2.05) is 112 Å². The van der Waals surface area contributed by atoms with Crippen LogP contribution in [0.1, 0.15) is 81.1 Å². The van der Waals surface area contributed by atoms with Gasteiger partial charge in [-0.15, -0.1) is 35.6 Å². The summed E-state index contributed by atoms with van der Waals surface area (Å²) in [6, 6.07) is 35.3. The first kappa shape index (κ1) is 99.8. The molecule has 0 saturated heterocycles. The number of amides is 1. The van der Waals surface area contributed by atoms with Gasteiger partial charge in [0.05, 0.1) is 81.0 Å². The number of ketones is 2. The number of Topliss-reactive ketones (excluding diaryl/α,β-unsaturated/α-hetero) is 2. The number of carbonyl (C=O) groups excluding carboxylic acids is 3. The number of nitrogen functional groups attached to an aromatic ring is 5. The van der Waals surface area contributed by atoms with Crippen LogP contribution in [0, 0.1) is 25.2 Å². The van der Waals surface area contributed by atoms with Gasteiger partial charge in [-0.25, -0.2) is 30.1 Å². The number of anilines is 7. The van der Waals surface area contributed by atoms with Gasteiger partial charge in [0, 0.05) is 74.1 Å². The summed E-state index contributed by atoms with van der Waals surface area (Å²) >= 11 is 36.8. The van der Waals surface area contributed by atoms with Crippen LogP contribution in [0.3, 0.4) is 0 Å². The van der Waals surface area contributed by atoms with Crippen molar-refractivity contribution in [2.45, 2.75) is 56.1 Å². The zero-order chi connectivity index (χ0) is 69.4. The van der Waals surface area contributed by atoms with Gasteiger partial charge in [-0.2, -0.15) is 5.26 Å². The minimum atomic E-state index is -1.72. The Morgan fingerprint density at radius 3 is 1.52 bits per heavy atom. The van der Waals surface area contributed by atoms with Gasteiger partial charge in [-0.3, -0.25) is 14.4 Å². The number of hydrogen-bond donors (Lipinski definition) is 8. The maximum atomic E-state index is 11.4. The van der Waals surface area contributed by atoms with Crippen LogP contribution < -0.4 is 78.3 Å². The average Bonchev–Trinajstić information content (AvgIpc) is 1.65. The molecule has 0 spiro atoms. The molecule has 527 valence electrons. The standard InChI is InChI=1S/C10H8BrNO2.C10H8BrNOS.C9H9BrClNO.C8H8BrNO2.C8H6BrNO2.C8H6BrNO.C7H8BrN.C2H2ClN.3CH4.Al.B.4ClH.Na.H/c1-6(13)12-10-7-4-5-14-9(7)3-2-8(10)11;1-6(14)12-10-7-4-5-13-9(7)3-2-8(10)11;1-5-2-3-6(10)9(12)8(5)7(13)4-11;2*9-4-1-2-6-7(8(4)10)5(11)3-12-6;9-6-1-2-7-5(8(6)10)3-4-11-7;1-5-2-3-6(8)7(9)4-5;3-1-2-4;;;;;;;;;;;/h2-5H,1H3,(H,12,13);2-5H,1H3,(H,12,14);2-3H,4,12H2,1H3;1-2,5,11H,3,10H2;1-2H,3,10H2;1-4H,10H2;2-4H,9H2,1H3;1H2;3*1H4;;;4*1H;;/q;;;;;;;;;;;+3;;;;;;+1;-1/p-3. The van der Waals surface area contributed by atoms with Crippen molar-refractivity contribution in [2.75, 3.05) is 64.3 Å². The Morgan fingerprint density at radius 2 is 1.05 bits per heavy atom. The second kappa shape index (κ2) is 50.1. The Hall–Kier alpha value is -3.39. The molecular formula is C65H69AlBBr7Cl6N8NaO9S. The van der Waals surface area contributed by atoms with E-state index < -0.39 is 17.5 Å². The number of benzene rings is 7. The summed E-state index contributed by atoms with van der Waals surface area (Å²) in [6.45, 7) is 7.59. The summed E-state index contributed by atoms with van der Waals surface area (Å²) in [5, 5.41) is 25.7. The molecule has 17 nitrogen and oxygen atoms in total. The molecule has 1 amide bonds. The van der Waals surface area contributed by atoms with Crippen LogP contribution in [0.15, 0.2) is 173 Å². The fourth-order valence-electron chi connectivity index (χ4n) is 7.99. The Balaban J connectivity index is -0.000000523. The van der Waals surface area contributed by atoms with Gasteiger partial charge >= 0.3 is 40.9 Å². The van der Waals surface area contributed by atoms with Gasteiger partial charge < -0.3 is 68.6 Å². The number of fused-ring (bicyclic) bond motifs is 5. The number of furan rings is 3. The molecular weight excluding hydrogens is 1900 g/mol. The molecule has 0 saturated carbocycles. The third kappa shape index (κ3) is 30.7. The van der Waals surface area contributed by atoms with Gasteiger partial charge in [-0.05, 0) is 240 Å². The molecule has 0 aliphatic carbocycles. The van der Waals surface area contributed by atoms with E-state index in [0.717, 1.165) is 97.5 Å². The van der Waals surface area contributed by atoms with E-state index in [0.29, 0.717) is 51.9 Å². The van der Waals surface area contributed by atoms with Gasteiger partial charge in [-0.1, -0.05) is 46.6 Å². The van der Waals surface area contributed by atoms with E-state index in [1.165, 1.54) is 12.5 Å². The third-order valence-corrected chi connectivity index (χ3v) is 17.4. The second-order valence-corrected chi connectivity index (χ2v) is 32.2. The normalized spacial score (nSPS) is 11.0. The SMILES string of the molecule is C.C.C.CC(=O)Nc1c(Br)ccc2occc12.CC(=S)Nc1c(Br)ccc2occc12.Cc1ccc(Br)c(N)c1.Cc1ccc(Br)c(N)c1C(=O)CCl.Cl.N#CCCl.Nc1c(Br)ccc2c1C(=O)CO2.Nc1c(Br)ccc2c1C(O)CO2.Nc1c(Br)ccc2occc12.[B].[Cl][Al]([Cl])[Cl].[H-].[Na+]. The molecule has 0 fully saturated rings. The molecule has 12 rings (SSSR count). The second-order valence-electron chi connectivity index (χ2n) is 18.7. The number of aryl methyl sites for hydroxylation is 2. The van der Waals surface area contributed by atoms with Crippen molar-refractivity contribution in [3.05, 3.63) is 187 Å². The van der Waals surface area contributed by atoms with Crippen molar-refractivity contribution in [1.82, 2.24) is 0 Å². The molecule has 34 heteroatoms. The summed E-state index contributed by atoms with van der Waals surface area (Å²) in [7, 11) is 14.8. The summed E-state index contributed by atoms with van der Waals surface area (Å²) in [5.41, 5.74) is 39.4. The number of hydrogen-bond acceptors (Lipinski definition) is 16. The first-order valence-electron chi connectivity index (χ1n) is 26.4. The summed E-state index contributed by atoms with van der Waals surface area (Å²) < 4.78 is 31.9. The number of nitriles is 1. The third-order valence-electron chi connectivity index (χ3n) is 12.1. The number of rotatable bonds is 4. The van der Waals surface area contributed by atoms with Gasteiger partial charge in [0.2, 0.25) is 11.7 Å². The van der Waals surface area contributed by atoms with Gasteiger partial charge in [0.15, 0.2) is 12.4 Å². The van der Waals surface area contributed by atoms with Crippen LogP contribution in [-0.2, 0) is 4.79 Å². The number of nitrogens with two attached hydrogens (primary N) is 5. The Bertz CT molecular complexity index is 4230. The van der Waals surface area contributed by atoms with E-state index in [9.17, 15) is 19.5 Å². The first-order chi connectivity index (χ1) is 44.0. The van der Waals surface area contributed by atoms with E-state index in [1.54, 1.807) is 43.1 Å². The Morgan fingerprint density at radius 1 is 0.636 bits per heavy atom. The topological polar surface area (TPSA) is 307 Å². The molecule has 1 unspecified atom stereocenters. The van der Waals surface area contributed by atoms with E-state index in [2.05, 4.69) is 122 Å². The molecule has 3 aromatic heterocycles. The molecule has 5 heterocycles. The number of nitrogens with zero attached hydrogens (tertiary/aromatic N) is 1. The molecule has 0 bridgehead atoms. The zero-order valence-electron chi connectivity index (χ0n) is 52.1. The predicted molar refractivity (Wildman–Crippen MR) is 445 cm³/mol. The fraction of sp³-hybridized carbons (Fsp3) is 0.185. The Labute approximate surface area is 699 Å². The van der Waals surface area contributed by atoms with Gasteiger partial charge in [0.25, 0.3) is 0 Å². The molecule has 99 heavy (non-hydrogen) atoms. The number of thiocarbonyl (C=S) groups is 1. The minimum absolute atomic E-state index is 0.